The molecule has 2 N–H and O–H groups in total. The van der Waals surface area contributed by atoms with E-state index < -0.39 is 0 Å². The van der Waals surface area contributed by atoms with Crippen LogP contribution in [0.25, 0.3) is 0 Å². The minimum Gasteiger partial charge on any atom is -0.497 e. The van der Waals surface area contributed by atoms with E-state index in [0.717, 1.165) is 35.7 Å². The lowest BCUT2D eigenvalue weighted by atomic mass is 10.2. The molecule has 7 heteroatoms. The minimum absolute atomic E-state index is 0.294. The molecule has 1 heterocycles. The molecule has 1 aliphatic carbocycles. The molecular formula is C22H30N4O3. The third-order valence-corrected chi connectivity index (χ3v) is 4.84. The van der Waals surface area contributed by atoms with Gasteiger partial charge in [0, 0.05) is 31.4 Å². The van der Waals surface area contributed by atoms with Crippen LogP contribution in [-0.4, -0.2) is 44.4 Å². The molecule has 0 bridgehead atoms. The highest BCUT2D eigenvalue weighted by Crippen LogP contribution is 2.29. The highest BCUT2D eigenvalue weighted by molar-refractivity contribution is 5.79. The molecule has 2 aromatic rings. The highest BCUT2D eigenvalue weighted by atomic mass is 16.5. The van der Waals surface area contributed by atoms with Gasteiger partial charge in [-0.2, -0.15) is 0 Å². The van der Waals surface area contributed by atoms with Gasteiger partial charge in [0.15, 0.2) is 5.96 Å². The van der Waals surface area contributed by atoms with Crippen LogP contribution in [0.15, 0.2) is 47.7 Å². The fourth-order valence-corrected chi connectivity index (χ4v) is 3.27. The molecule has 0 unspecified atom stereocenters. The van der Waals surface area contributed by atoms with Crippen LogP contribution >= 0.6 is 0 Å². The molecule has 1 saturated carbocycles. The predicted octanol–water partition coefficient (Wildman–Crippen LogP) is 3.16. The Morgan fingerprint density at radius 1 is 1.17 bits per heavy atom. The number of hydrogen-bond donors (Lipinski definition) is 2. The number of aromatic nitrogens is 1. The first-order chi connectivity index (χ1) is 14.3. The van der Waals surface area contributed by atoms with E-state index in [-0.39, 0.29) is 0 Å². The van der Waals surface area contributed by atoms with Gasteiger partial charge in [-0.1, -0.05) is 0 Å². The zero-order valence-electron chi connectivity index (χ0n) is 17.2. The molecule has 29 heavy (non-hydrogen) atoms. The molecule has 1 fully saturated rings. The normalized spacial score (nSPS) is 14.5. The summed E-state index contributed by atoms with van der Waals surface area (Å²) in [5.74, 6) is 3.14. The lowest BCUT2D eigenvalue weighted by Gasteiger charge is -2.19. The predicted molar refractivity (Wildman–Crippen MR) is 114 cm³/mol. The zero-order chi connectivity index (χ0) is 20.3. The SMILES string of the molecule is CN=C(NCCOc1cccnc1)NCc1ccc(OC)cc1OC1CCCC1. The maximum atomic E-state index is 6.26. The lowest BCUT2D eigenvalue weighted by Crippen LogP contribution is -2.39. The molecule has 156 valence electrons. The summed E-state index contributed by atoms with van der Waals surface area (Å²) in [6.45, 7) is 1.75. The number of nitrogens with zero attached hydrogens (tertiary/aromatic N) is 2. The van der Waals surface area contributed by atoms with E-state index in [1.165, 1.54) is 12.8 Å². The fourth-order valence-electron chi connectivity index (χ4n) is 3.27. The number of hydrogen-bond acceptors (Lipinski definition) is 5. The highest BCUT2D eigenvalue weighted by Gasteiger charge is 2.18. The molecule has 1 aromatic heterocycles. The average Bonchev–Trinajstić information content (AvgIpc) is 3.27. The number of rotatable bonds is 9. The van der Waals surface area contributed by atoms with Crippen LogP contribution in [0.2, 0.25) is 0 Å². The van der Waals surface area contributed by atoms with Gasteiger partial charge in [0.05, 0.1) is 26.0 Å². The summed E-state index contributed by atoms with van der Waals surface area (Å²) in [5, 5.41) is 6.59. The standard InChI is InChI=1S/C22H30N4O3/c1-23-22(25-12-13-28-20-8-5-11-24-16-20)26-15-17-9-10-19(27-2)14-21(17)29-18-6-3-4-7-18/h5,8-11,14,16,18H,3-4,6-7,12-13,15H2,1-2H3,(H2,23,25,26). The Labute approximate surface area is 172 Å². The van der Waals surface area contributed by atoms with E-state index in [0.29, 0.717) is 31.8 Å². The fraction of sp³-hybridized carbons (Fsp3) is 0.455. The molecular weight excluding hydrogens is 368 g/mol. The third-order valence-electron chi connectivity index (χ3n) is 4.84. The Morgan fingerprint density at radius 3 is 2.76 bits per heavy atom. The van der Waals surface area contributed by atoms with Gasteiger partial charge in [0.25, 0.3) is 0 Å². The van der Waals surface area contributed by atoms with E-state index in [1.54, 1.807) is 26.6 Å². The molecule has 0 aliphatic heterocycles. The van der Waals surface area contributed by atoms with E-state index in [9.17, 15) is 0 Å². The lowest BCUT2D eigenvalue weighted by molar-refractivity contribution is 0.207. The molecule has 0 saturated heterocycles. The number of methoxy groups -OCH3 is 1. The Hall–Kier alpha value is -2.96. The summed E-state index contributed by atoms with van der Waals surface area (Å²) in [5.41, 5.74) is 1.08. The van der Waals surface area contributed by atoms with Gasteiger partial charge in [-0.3, -0.25) is 9.98 Å². The summed E-state index contributed by atoms with van der Waals surface area (Å²) in [4.78, 5) is 8.31. The number of ether oxygens (including phenoxy) is 3. The topological polar surface area (TPSA) is 77.0 Å². The van der Waals surface area contributed by atoms with E-state index in [2.05, 4.69) is 20.6 Å². The van der Waals surface area contributed by atoms with Crippen LogP contribution < -0.4 is 24.8 Å². The zero-order valence-corrected chi connectivity index (χ0v) is 17.2. The van der Waals surface area contributed by atoms with Crippen molar-refractivity contribution in [1.82, 2.24) is 15.6 Å². The van der Waals surface area contributed by atoms with Crippen molar-refractivity contribution in [3.8, 4) is 17.2 Å². The molecule has 7 nitrogen and oxygen atoms in total. The molecule has 0 radical (unpaired) electrons. The van der Waals surface area contributed by atoms with Crippen molar-refractivity contribution in [2.75, 3.05) is 27.3 Å². The number of benzene rings is 1. The number of pyridine rings is 1. The molecule has 1 aromatic carbocycles. The van der Waals surface area contributed by atoms with Crippen LogP contribution in [0.4, 0.5) is 0 Å². The van der Waals surface area contributed by atoms with Gasteiger partial charge in [0.2, 0.25) is 0 Å². The largest absolute Gasteiger partial charge is 0.497 e. The first-order valence-corrected chi connectivity index (χ1v) is 10.1. The van der Waals surface area contributed by atoms with Crippen molar-refractivity contribution >= 4 is 5.96 Å². The quantitative estimate of drug-likeness (QED) is 0.384. The minimum atomic E-state index is 0.294. The van der Waals surface area contributed by atoms with E-state index >= 15 is 0 Å². The van der Waals surface area contributed by atoms with E-state index in [4.69, 9.17) is 14.2 Å². The second kappa shape index (κ2) is 11.1. The summed E-state index contributed by atoms with van der Waals surface area (Å²) in [6.07, 6.45) is 8.42. The molecule has 0 atom stereocenters. The van der Waals surface area contributed by atoms with Crippen LogP contribution in [-0.2, 0) is 6.54 Å². The van der Waals surface area contributed by atoms with Gasteiger partial charge < -0.3 is 24.8 Å². The molecule has 3 rings (SSSR count). The van der Waals surface area contributed by atoms with Crippen molar-refractivity contribution in [1.29, 1.82) is 0 Å². The number of nitrogens with one attached hydrogen (secondary N) is 2. The Kier molecular flexibility index (Phi) is 7.98. The first-order valence-electron chi connectivity index (χ1n) is 10.1. The van der Waals surface area contributed by atoms with Gasteiger partial charge in [-0.05, 0) is 49.9 Å². The van der Waals surface area contributed by atoms with Gasteiger partial charge in [0.1, 0.15) is 23.9 Å². The molecule has 0 spiro atoms. The van der Waals surface area contributed by atoms with Crippen LogP contribution in [0.5, 0.6) is 17.2 Å². The summed E-state index contributed by atoms with van der Waals surface area (Å²) in [6, 6.07) is 9.69. The second-order valence-corrected chi connectivity index (χ2v) is 6.89. The Morgan fingerprint density at radius 2 is 2.03 bits per heavy atom. The summed E-state index contributed by atoms with van der Waals surface area (Å²) >= 11 is 0. The Bertz CT molecular complexity index is 777. The van der Waals surface area contributed by atoms with Crippen LogP contribution in [0.1, 0.15) is 31.2 Å². The number of guanidine groups is 1. The third kappa shape index (κ3) is 6.55. The van der Waals surface area contributed by atoms with E-state index in [1.807, 2.05) is 30.3 Å². The van der Waals surface area contributed by atoms with Crippen molar-refractivity contribution in [2.45, 2.75) is 38.3 Å². The van der Waals surface area contributed by atoms with Crippen LogP contribution in [0.3, 0.4) is 0 Å². The van der Waals surface area contributed by atoms with Crippen LogP contribution in [0, 0.1) is 0 Å². The van der Waals surface area contributed by atoms with Crippen molar-refractivity contribution in [2.24, 2.45) is 4.99 Å². The molecule has 0 amide bonds. The second-order valence-electron chi connectivity index (χ2n) is 6.89. The smallest absolute Gasteiger partial charge is 0.191 e. The maximum absolute atomic E-state index is 6.26. The maximum Gasteiger partial charge on any atom is 0.191 e. The molecule has 1 aliphatic rings. The van der Waals surface area contributed by atoms with Crippen molar-refractivity contribution in [3.63, 3.8) is 0 Å². The Balaban J connectivity index is 1.50. The first kappa shape index (κ1) is 20.8. The van der Waals surface area contributed by atoms with Crippen molar-refractivity contribution < 1.29 is 14.2 Å². The monoisotopic (exact) mass is 398 g/mol. The number of aliphatic imine (C=N–C) groups is 1. The summed E-state index contributed by atoms with van der Waals surface area (Å²) in [7, 11) is 3.42. The summed E-state index contributed by atoms with van der Waals surface area (Å²) < 4.78 is 17.3. The van der Waals surface area contributed by atoms with Crippen molar-refractivity contribution in [3.05, 3.63) is 48.3 Å². The average molecular weight is 399 g/mol. The van der Waals surface area contributed by atoms with Gasteiger partial charge in [-0.25, -0.2) is 0 Å². The van der Waals surface area contributed by atoms with Gasteiger partial charge in [-0.15, -0.1) is 0 Å². The van der Waals surface area contributed by atoms with Gasteiger partial charge >= 0.3 is 0 Å².